The standard InChI is InChI=1S/C16H20F3N5O3/c1-15(2,3)26-14(25)24-6-4-5-9(8-24)11-22-13(27-23-11)12-20-7-10(21-12)16(17,18)19/h7,9H,4-6,8H2,1-3H3,(H,20,21)/t9-/m0/s1. The normalized spacial score (nSPS) is 18.6. The third-order valence-corrected chi connectivity index (χ3v) is 3.95. The van der Waals surface area contributed by atoms with E-state index in [4.69, 9.17) is 9.26 Å². The molecule has 1 aliphatic rings. The molecule has 0 bridgehead atoms. The maximum absolute atomic E-state index is 12.7. The Bertz CT molecular complexity index is 809. The van der Waals surface area contributed by atoms with Gasteiger partial charge in [0.1, 0.15) is 5.60 Å². The number of carbonyl (C=O) groups is 1. The maximum atomic E-state index is 12.7. The quantitative estimate of drug-likeness (QED) is 0.846. The molecule has 0 aliphatic carbocycles. The van der Waals surface area contributed by atoms with Gasteiger partial charge in [0.2, 0.25) is 0 Å². The molecule has 1 fully saturated rings. The number of rotatable bonds is 2. The van der Waals surface area contributed by atoms with Crippen LogP contribution in [0.4, 0.5) is 18.0 Å². The Balaban J connectivity index is 1.70. The van der Waals surface area contributed by atoms with Gasteiger partial charge >= 0.3 is 12.3 Å². The fraction of sp³-hybridized carbons (Fsp3) is 0.625. The molecule has 0 saturated carbocycles. The molecule has 27 heavy (non-hydrogen) atoms. The number of carbonyl (C=O) groups excluding carboxylic acids is 1. The van der Waals surface area contributed by atoms with Gasteiger partial charge in [-0.15, -0.1) is 0 Å². The zero-order chi connectivity index (χ0) is 19.8. The third kappa shape index (κ3) is 4.58. The van der Waals surface area contributed by atoms with Crippen LogP contribution < -0.4 is 0 Å². The van der Waals surface area contributed by atoms with Crippen molar-refractivity contribution in [2.75, 3.05) is 13.1 Å². The van der Waals surface area contributed by atoms with E-state index in [1.54, 1.807) is 25.7 Å². The van der Waals surface area contributed by atoms with E-state index in [1.807, 2.05) is 0 Å². The summed E-state index contributed by atoms with van der Waals surface area (Å²) in [6, 6.07) is 0. The van der Waals surface area contributed by atoms with Crippen LogP contribution in [-0.2, 0) is 10.9 Å². The van der Waals surface area contributed by atoms with Crippen molar-refractivity contribution in [3.05, 3.63) is 17.7 Å². The molecule has 3 heterocycles. The molecule has 1 saturated heterocycles. The number of aromatic nitrogens is 4. The molecule has 0 spiro atoms. The highest BCUT2D eigenvalue weighted by Gasteiger charge is 2.35. The van der Waals surface area contributed by atoms with Crippen molar-refractivity contribution < 1.29 is 27.2 Å². The number of nitrogens with zero attached hydrogens (tertiary/aromatic N) is 4. The predicted octanol–water partition coefficient (Wildman–Crippen LogP) is 3.59. The van der Waals surface area contributed by atoms with Gasteiger partial charge in [0.05, 0.1) is 0 Å². The molecular formula is C16H20F3N5O3. The highest BCUT2D eigenvalue weighted by Crippen LogP contribution is 2.30. The first-order chi connectivity index (χ1) is 12.5. The summed E-state index contributed by atoms with van der Waals surface area (Å²) in [5, 5.41) is 3.85. The Hall–Kier alpha value is -2.59. The zero-order valence-corrected chi connectivity index (χ0v) is 15.1. The Morgan fingerprint density at radius 1 is 1.33 bits per heavy atom. The summed E-state index contributed by atoms with van der Waals surface area (Å²) in [6.45, 7) is 6.27. The first-order valence-corrected chi connectivity index (χ1v) is 8.47. The Morgan fingerprint density at radius 2 is 2.07 bits per heavy atom. The lowest BCUT2D eigenvalue weighted by atomic mass is 9.98. The van der Waals surface area contributed by atoms with E-state index < -0.39 is 23.6 Å². The first-order valence-electron chi connectivity index (χ1n) is 8.47. The van der Waals surface area contributed by atoms with Crippen molar-refractivity contribution in [3.63, 3.8) is 0 Å². The highest BCUT2D eigenvalue weighted by molar-refractivity contribution is 5.68. The molecule has 1 N–H and O–H groups in total. The monoisotopic (exact) mass is 387 g/mol. The lowest BCUT2D eigenvalue weighted by Crippen LogP contribution is -2.42. The number of imidazole rings is 1. The molecule has 11 heteroatoms. The van der Waals surface area contributed by atoms with E-state index in [9.17, 15) is 18.0 Å². The minimum atomic E-state index is -4.56. The van der Waals surface area contributed by atoms with Gasteiger partial charge in [0.25, 0.3) is 5.89 Å². The molecular weight excluding hydrogens is 367 g/mol. The van der Waals surface area contributed by atoms with Crippen molar-refractivity contribution >= 4 is 6.09 Å². The number of likely N-dealkylation sites (tertiary alicyclic amines) is 1. The average molecular weight is 387 g/mol. The molecule has 0 unspecified atom stereocenters. The molecule has 3 rings (SSSR count). The van der Waals surface area contributed by atoms with E-state index >= 15 is 0 Å². The summed E-state index contributed by atoms with van der Waals surface area (Å²) in [5.41, 5.74) is -1.66. The number of hydrogen-bond acceptors (Lipinski definition) is 6. The second-order valence-corrected chi connectivity index (χ2v) is 7.36. The minimum Gasteiger partial charge on any atom is -0.444 e. The van der Waals surface area contributed by atoms with Crippen LogP contribution >= 0.6 is 0 Å². The third-order valence-electron chi connectivity index (χ3n) is 3.95. The van der Waals surface area contributed by atoms with E-state index in [0.29, 0.717) is 18.9 Å². The van der Waals surface area contributed by atoms with E-state index in [2.05, 4.69) is 20.1 Å². The van der Waals surface area contributed by atoms with Crippen molar-refractivity contribution in [3.8, 4) is 11.7 Å². The summed E-state index contributed by atoms with van der Waals surface area (Å²) in [6.07, 6.45) is -2.78. The summed E-state index contributed by atoms with van der Waals surface area (Å²) in [7, 11) is 0. The second kappa shape index (κ2) is 6.86. The van der Waals surface area contributed by atoms with Crippen LogP contribution in [0.25, 0.3) is 11.7 Å². The molecule has 8 nitrogen and oxygen atoms in total. The summed E-state index contributed by atoms with van der Waals surface area (Å²) in [5.74, 6) is -0.153. The number of halogens is 3. The SMILES string of the molecule is CC(C)(C)OC(=O)N1CCC[C@H](c2noc(-c3nc(C(F)(F)F)c[nH]3)n2)C1. The van der Waals surface area contributed by atoms with Gasteiger partial charge in [-0.1, -0.05) is 5.16 Å². The summed E-state index contributed by atoms with van der Waals surface area (Å²) >= 11 is 0. The molecule has 0 aromatic carbocycles. The Labute approximate surface area is 153 Å². The van der Waals surface area contributed by atoms with Crippen molar-refractivity contribution in [2.24, 2.45) is 0 Å². The number of nitrogens with one attached hydrogen (secondary N) is 1. The van der Waals surface area contributed by atoms with Gasteiger partial charge in [-0.25, -0.2) is 9.78 Å². The van der Waals surface area contributed by atoms with Crippen LogP contribution in [0, 0.1) is 0 Å². The second-order valence-electron chi connectivity index (χ2n) is 7.36. The van der Waals surface area contributed by atoms with Crippen LogP contribution in [0.3, 0.4) is 0 Å². The van der Waals surface area contributed by atoms with E-state index in [-0.39, 0.29) is 17.6 Å². The van der Waals surface area contributed by atoms with E-state index in [0.717, 1.165) is 19.0 Å². The predicted molar refractivity (Wildman–Crippen MR) is 86.7 cm³/mol. The van der Waals surface area contributed by atoms with Crippen LogP contribution in [-0.4, -0.2) is 49.8 Å². The molecule has 1 aliphatic heterocycles. The van der Waals surface area contributed by atoms with Crippen LogP contribution in [0.15, 0.2) is 10.7 Å². The van der Waals surface area contributed by atoms with Crippen LogP contribution in [0.5, 0.6) is 0 Å². The Morgan fingerprint density at radius 3 is 2.70 bits per heavy atom. The molecule has 148 valence electrons. The number of aromatic amines is 1. The first kappa shape index (κ1) is 19.2. The number of hydrogen-bond donors (Lipinski definition) is 1. The molecule has 0 radical (unpaired) electrons. The van der Waals surface area contributed by atoms with Gasteiger partial charge in [-0.3, -0.25) is 0 Å². The van der Waals surface area contributed by atoms with Crippen LogP contribution in [0.1, 0.15) is 51.0 Å². The van der Waals surface area contributed by atoms with Gasteiger partial charge in [0.15, 0.2) is 17.3 Å². The Kier molecular flexibility index (Phi) is 4.87. The fourth-order valence-electron chi connectivity index (χ4n) is 2.75. The van der Waals surface area contributed by atoms with Crippen molar-refractivity contribution in [1.29, 1.82) is 0 Å². The highest BCUT2D eigenvalue weighted by atomic mass is 19.4. The average Bonchev–Trinajstić information content (AvgIpc) is 3.22. The lowest BCUT2D eigenvalue weighted by Gasteiger charge is -2.32. The van der Waals surface area contributed by atoms with Gasteiger partial charge in [-0.05, 0) is 33.6 Å². The van der Waals surface area contributed by atoms with Gasteiger partial charge in [-0.2, -0.15) is 18.2 Å². The summed E-state index contributed by atoms with van der Waals surface area (Å²) in [4.78, 5) is 23.8. The molecule has 1 atom stereocenters. The zero-order valence-electron chi connectivity index (χ0n) is 15.1. The molecule has 2 aromatic rings. The van der Waals surface area contributed by atoms with Crippen molar-refractivity contribution in [1.82, 2.24) is 25.0 Å². The fourth-order valence-corrected chi connectivity index (χ4v) is 2.75. The minimum absolute atomic E-state index is 0.130. The molecule has 1 amide bonds. The maximum Gasteiger partial charge on any atom is 0.434 e. The molecule has 2 aromatic heterocycles. The van der Waals surface area contributed by atoms with Gasteiger partial charge < -0.3 is 19.1 Å². The van der Waals surface area contributed by atoms with Crippen molar-refractivity contribution in [2.45, 2.75) is 51.3 Å². The largest absolute Gasteiger partial charge is 0.444 e. The summed E-state index contributed by atoms with van der Waals surface area (Å²) < 4.78 is 48.4. The topological polar surface area (TPSA) is 97.1 Å². The number of H-pyrrole nitrogens is 1. The number of piperidine rings is 1. The van der Waals surface area contributed by atoms with E-state index in [1.165, 1.54) is 0 Å². The lowest BCUT2D eigenvalue weighted by molar-refractivity contribution is -0.140. The number of alkyl halides is 3. The number of ether oxygens (including phenoxy) is 1. The smallest absolute Gasteiger partial charge is 0.434 e. The van der Waals surface area contributed by atoms with Crippen LogP contribution in [0.2, 0.25) is 0 Å². The van der Waals surface area contributed by atoms with Gasteiger partial charge in [0, 0.05) is 25.2 Å². The number of amides is 1.